The van der Waals surface area contributed by atoms with Crippen molar-refractivity contribution in [1.82, 2.24) is 15.2 Å². The van der Waals surface area contributed by atoms with E-state index in [0.29, 0.717) is 12.4 Å². The summed E-state index contributed by atoms with van der Waals surface area (Å²) in [7, 11) is -3.75. The number of nitrogens with zero attached hydrogens (tertiary/aromatic N) is 3. The molecule has 0 saturated carbocycles. The normalized spacial score (nSPS) is 11.1. The number of sulfonamides is 1. The van der Waals surface area contributed by atoms with Gasteiger partial charge < -0.3 is 5.32 Å². The largest absolute Gasteiger partial charge is 0.369 e. The number of pyridine rings is 1. The second-order valence-corrected chi connectivity index (χ2v) is 5.64. The fourth-order valence-electron chi connectivity index (χ4n) is 1.53. The molecule has 20 heavy (non-hydrogen) atoms. The number of anilines is 2. The summed E-state index contributed by atoms with van der Waals surface area (Å²) in [4.78, 5) is 4.14. The Labute approximate surface area is 117 Å². The predicted octanol–water partition coefficient (Wildman–Crippen LogP) is 1.49. The monoisotopic (exact) mass is 293 g/mol. The highest BCUT2D eigenvalue weighted by atomic mass is 32.2. The fourth-order valence-corrected chi connectivity index (χ4v) is 2.66. The fraction of sp³-hybridized carbons (Fsp3) is 0.250. The lowest BCUT2D eigenvalue weighted by Crippen LogP contribution is -2.17. The van der Waals surface area contributed by atoms with Gasteiger partial charge in [-0.25, -0.2) is 13.4 Å². The Balaban J connectivity index is 2.30. The van der Waals surface area contributed by atoms with Crippen LogP contribution < -0.4 is 10.0 Å². The first kappa shape index (κ1) is 14.2. The summed E-state index contributed by atoms with van der Waals surface area (Å²) >= 11 is 0. The lowest BCUT2D eigenvalue weighted by molar-refractivity contribution is 0.600. The summed E-state index contributed by atoms with van der Waals surface area (Å²) in [5, 5.41) is 10.3. The molecule has 2 aromatic heterocycles. The first-order valence-electron chi connectivity index (χ1n) is 6.13. The molecule has 0 amide bonds. The van der Waals surface area contributed by atoms with Gasteiger partial charge in [0.15, 0.2) is 5.82 Å². The average molecular weight is 293 g/mol. The number of hydrogen-bond donors (Lipinski definition) is 2. The molecule has 0 bridgehead atoms. The second kappa shape index (κ2) is 6.29. The van der Waals surface area contributed by atoms with Crippen LogP contribution in [0.4, 0.5) is 11.6 Å². The molecule has 0 atom stereocenters. The molecular formula is C12H15N5O2S. The van der Waals surface area contributed by atoms with Crippen LogP contribution in [0.3, 0.4) is 0 Å². The smallest absolute Gasteiger partial charge is 0.266 e. The summed E-state index contributed by atoms with van der Waals surface area (Å²) in [5.41, 5.74) is 0. The maximum Gasteiger partial charge on any atom is 0.266 e. The Morgan fingerprint density at radius 3 is 2.70 bits per heavy atom. The van der Waals surface area contributed by atoms with E-state index in [9.17, 15) is 8.42 Å². The van der Waals surface area contributed by atoms with Crippen molar-refractivity contribution in [2.75, 3.05) is 16.6 Å². The van der Waals surface area contributed by atoms with Gasteiger partial charge in [-0.3, -0.25) is 4.72 Å². The van der Waals surface area contributed by atoms with E-state index in [0.717, 1.165) is 6.42 Å². The lowest BCUT2D eigenvalue weighted by atomic mass is 10.4. The Hall–Kier alpha value is -2.22. The van der Waals surface area contributed by atoms with Gasteiger partial charge in [-0.15, -0.1) is 5.10 Å². The van der Waals surface area contributed by atoms with Crippen LogP contribution in [0.25, 0.3) is 0 Å². The highest BCUT2D eigenvalue weighted by Crippen LogP contribution is 2.20. The maximum absolute atomic E-state index is 12.3. The Morgan fingerprint density at radius 1 is 1.20 bits per heavy atom. The van der Waals surface area contributed by atoms with Crippen molar-refractivity contribution < 1.29 is 8.42 Å². The molecule has 7 nitrogen and oxygen atoms in total. The van der Waals surface area contributed by atoms with E-state index in [1.165, 1.54) is 18.3 Å². The molecule has 0 fully saturated rings. The molecule has 0 spiro atoms. The molecule has 0 aliphatic heterocycles. The summed E-state index contributed by atoms with van der Waals surface area (Å²) in [6.07, 6.45) is 3.88. The number of rotatable bonds is 6. The summed E-state index contributed by atoms with van der Waals surface area (Å²) < 4.78 is 27.0. The van der Waals surface area contributed by atoms with Gasteiger partial charge in [0.2, 0.25) is 0 Å². The molecule has 0 aliphatic rings. The van der Waals surface area contributed by atoms with Crippen molar-refractivity contribution in [2.24, 2.45) is 0 Å². The van der Waals surface area contributed by atoms with Gasteiger partial charge >= 0.3 is 0 Å². The predicted molar refractivity (Wildman–Crippen MR) is 75.9 cm³/mol. The van der Waals surface area contributed by atoms with Gasteiger partial charge in [-0.1, -0.05) is 6.92 Å². The molecule has 0 unspecified atom stereocenters. The van der Waals surface area contributed by atoms with Crippen molar-refractivity contribution in [3.8, 4) is 0 Å². The average Bonchev–Trinajstić information content (AvgIpc) is 2.46. The quantitative estimate of drug-likeness (QED) is 0.837. The number of hydrogen-bond acceptors (Lipinski definition) is 6. The van der Waals surface area contributed by atoms with E-state index in [1.54, 1.807) is 18.3 Å². The van der Waals surface area contributed by atoms with E-state index < -0.39 is 10.0 Å². The highest BCUT2D eigenvalue weighted by Gasteiger charge is 2.19. The minimum Gasteiger partial charge on any atom is -0.369 e. The standard InChI is InChI=1S/C12H15N5O2S/c1-2-7-13-12-10(5-3-8-14-12)20(18,19)17-11-6-4-9-15-16-11/h3-6,8-9H,2,7H2,1H3,(H,13,14)(H,16,17). The molecule has 0 aromatic carbocycles. The molecule has 106 valence electrons. The Morgan fingerprint density at radius 2 is 2.00 bits per heavy atom. The summed E-state index contributed by atoms with van der Waals surface area (Å²) in [6, 6.07) is 6.19. The van der Waals surface area contributed by atoms with Crippen LogP contribution in [0.5, 0.6) is 0 Å². The van der Waals surface area contributed by atoms with Crippen LogP contribution in [0, 0.1) is 0 Å². The second-order valence-electron chi connectivity index (χ2n) is 3.99. The van der Waals surface area contributed by atoms with Crippen molar-refractivity contribution in [3.63, 3.8) is 0 Å². The number of nitrogens with one attached hydrogen (secondary N) is 2. The summed E-state index contributed by atoms with van der Waals surface area (Å²) in [5.74, 6) is 0.489. The molecule has 2 aromatic rings. The zero-order chi connectivity index (χ0) is 14.4. The SMILES string of the molecule is CCCNc1ncccc1S(=O)(=O)Nc1cccnn1. The minimum atomic E-state index is -3.75. The van der Waals surface area contributed by atoms with Crippen LogP contribution in [0.2, 0.25) is 0 Å². The topological polar surface area (TPSA) is 96.9 Å². The zero-order valence-electron chi connectivity index (χ0n) is 10.9. The van der Waals surface area contributed by atoms with Crippen molar-refractivity contribution in [2.45, 2.75) is 18.2 Å². The third-order valence-corrected chi connectivity index (χ3v) is 3.80. The molecule has 2 heterocycles. The molecule has 0 aliphatic carbocycles. The Bertz CT molecular complexity index is 661. The van der Waals surface area contributed by atoms with E-state index >= 15 is 0 Å². The zero-order valence-corrected chi connectivity index (χ0v) is 11.8. The lowest BCUT2D eigenvalue weighted by Gasteiger charge is -2.11. The molecule has 2 N–H and O–H groups in total. The Kier molecular flexibility index (Phi) is 4.46. The third-order valence-electron chi connectivity index (χ3n) is 2.41. The van der Waals surface area contributed by atoms with Crippen molar-refractivity contribution in [3.05, 3.63) is 36.7 Å². The van der Waals surface area contributed by atoms with Crippen LogP contribution in [-0.4, -0.2) is 30.1 Å². The molecule has 0 saturated heterocycles. The third kappa shape index (κ3) is 3.41. The van der Waals surface area contributed by atoms with Gasteiger partial charge in [-0.2, -0.15) is 5.10 Å². The first-order valence-corrected chi connectivity index (χ1v) is 7.61. The highest BCUT2D eigenvalue weighted by molar-refractivity contribution is 7.92. The van der Waals surface area contributed by atoms with Crippen molar-refractivity contribution in [1.29, 1.82) is 0 Å². The minimum absolute atomic E-state index is 0.0825. The van der Waals surface area contributed by atoms with Crippen LogP contribution >= 0.6 is 0 Å². The maximum atomic E-state index is 12.3. The van der Waals surface area contributed by atoms with E-state index in [1.807, 2.05) is 6.92 Å². The van der Waals surface area contributed by atoms with E-state index in [-0.39, 0.29) is 10.7 Å². The molecule has 2 rings (SSSR count). The molecule has 8 heteroatoms. The van der Waals surface area contributed by atoms with Gasteiger partial charge in [-0.05, 0) is 30.7 Å². The van der Waals surface area contributed by atoms with E-state index in [2.05, 4.69) is 25.2 Å². The van der Waals surface area contributed by atoms with Crippen molar-refractivity contribution >= 4 is 21.7 Å². The van der Waals surface area contributed by atoms with Gasteiger partial charge in [0, 0.05) is 18.9 Å². The van der Waals surface area contributed by atoms with E-state index in [4.69, 9.17) is 0 Å². The van der Waals surface area contributed by atoms with Gasteiger partial charge in [0.05, 0.1) is 0 Å². The first-order chi connectivity index (χ1) is 9.63. The van der Waals surface area contributed by atoms with Gasteiger partial charge in [0.1, 0.15) is 10.7 Å². The van der Waals surface area contributed by atoms with Crippen LogP contribution in [0.1, 0.15) is 13.3 Å². The molecular weight excluding hydrogens is 278 g/mol. The summed E-state index contributed by atoms with van der Waals surface area (Å²) in [6.45, 7) is 2.63. The van der Waals surface area contributed by atoms with Crippen LogP contribution in [-0.2, 0) is 10.0 Å². The molecule has 0 radical (unpaired) electrons. The van der Waals surface area contributed by atoms with Gasteiger partial charge in [0.25, 0.3) is 10.0 Å². The van der Waals surface area contributed by atoms with Crippen LogP contribution in [0.15, 0.2) is 41.6 Å². The number of aromatic nitrogens is 3.